The average Bonchev–Trinajstić information content (AvgIpc) is 2.95. The van der Waals surface area contributed by atoms with E-state index >= 15 is 0 Å². The molecule has 3 heteroatoms. The fraction of sp³-hybridized carbons (Fsp3) is 0.588. The minimum atomic E-state index is 0.639. The van der Waals surface area contributed by atoms with E-state index in [1.54, 1.807) is 11.8 Å². The SMILES string of the molecule is CSc1cccc(N2CCC3(CCCC3)CC2)c1C#N. The number of rotatable bonds is 2. The van der Waals surface area contributed by atoms with E-state index in [9.17, 15) is 5.26 Å². The van der Waals surface area contributed by atoms with Gasteiger partial charge in [-0.25, -0.2) is 0 Å². The third kappa shape index (κ3) is 2.42. The van der Waals surface area contributed by atoms with Crippen molar-refractivity contribution in [3.63, 3.8) is 0 Å². The molecule has 0 unspecified atom stereocenters. The highest BCUT2D eigenvalue weighted by Crippen LogP contribution is 2.47. The van der Waals surface area contributed by atoms with Gasteiger partial charge in [-0.15, -0.1) is 11.8 Å². The lowest BCUT2D eigenvalue weighted by Gasteiger charge is -2.40. The molecule has 1 aromatic carbocycles. The first-order chi connectivity index (χ1) is 9.78. The Bertz CT molecular complexity index is 516. The second-order valence-corrected chi connectivity index (χ2v) is 7.01. The topological polar surface area (TPSA) is 27.0 Å². The summed E-state index contributed by atoms with van der Waals surface area (Å²) < 4.78 is 0. The number of hydrogen-bond acceptors (Lipinski definition) is 3. The molecular weight excluding hydrogens is 264 g/mol. The number of piperidine rings is 1. The van der Waals surface area contributed by atoms with E-state index in [4.69, 9.17) is 0 Å². The maximum atomic E-state index is 9.48. The summed E-state index contributed by atoms with van der Waals surface area (Å²) in [6.07, 6.45) is 10.4. The molecule has 1 heterocycles. The second-order valence-electron chi connectivity index (χ2n) is 6.16. The van der Waals surface area contributed by atoms with E-state index in [1.165, 1.54) is 38.5 Å². The van der Waals surface area contributed by atoms with Crippen LogP contribution in [-0.2, 0) is 0 Å². The molecule has 2 fully saturated rings. The molecule has 1 aromatic rings. The fourth-order valence-corrected chi connectivity index (χ4v) is 4.48. The summed E-state index contributed by atoms with van der Waals surface area (Å²) in [5.74, 6) is 0. The molecule has 1 saturated heterocycles. The average molecular weight is 286 g/mol. The van der Waals surface area contributed by atoms with Gasteiger partial charge in [0.1, 0.15) is 6.07 Å². The van der Waals surface area contributed by atoms with Crippen molar-refractivity contribution in [1.82, 2.24) is 0 Å². The van der Waals surface area contributed by atoms with Crippen LogP contribution in [0.2, 0.25) is 0 Å². The zero-order valence-electron chi connectivity index (χ0n) is 12.2. The van der Waals surface area contributed by atoms with Gasteiger partial charge in [-0.1, -0.05) is 18.9 Å². The first-order valence-electron chi connectivity index (χ1n) is 7.60. The minimum absolute atomic E-state index is 0.639. The van der Waals surface area contributed by atoms with Crippen molar-refractivity contribution < 1.29 is 0 Å². The van der Waals surface area contributed by atoms with Crippen molar-refractivity contribution in [3.05, 3.63) is 23.8 Å². The van der Waals surface area contributed by atoms with Gasteiger partial charge in [0.05, 0.1) is 11.3 Å². The summed E-state index contributed by atoms with van der Waals surface area (Å²) in [5, 5.41) is 9.48. The van der Waals surface area contributed by atoms with Crippen molar-refractivity contribution in [2.75, 3.05) is 24.2 Å². The second kappa shape index (κ2) is 5.69. The van der Waals surface area contributed by atoms with Crippen molar-refractivity contribution in [1.29, 1.82) is 5.26 Å². The monoisotopic (exact) mass is 286 g/mol. The first-order valence-corrected chi connectivity index (χ1v) is 8.83. The lowest BCUT2D eigenvalue weighted by Crippen LogP contribution is -2.39. The van der Waals surface area contributed by atoms with E-state index in [-0.39, 0.29) is 0 Å². The predicted molar refractivity (Wildman–Crippen MR) is 85.3 cm³/mol. The summed E-state index contributed by atoms with van der Waals surface area (Å²) in [6, 6.07) is 8.66. The Morgan fingerprint density at radius 3 is 2.45 bits per heavy atom. The van der Waals surface area contributed by atoms with Crippen LogP contribution >= 0.6 is 11.8 Å². The molecule has 1 saturated carbocycles. The predicted octanol–water partition coefficient (Wildman–Crippen LogP) is 4.44. The molecule has 1 spiro atoms. The Kier molecular flexibility index (Phi) is 3.94. The number of nitrogens with zero attached hydrogens (tertiary/aromatic N) is 2. The van der Waals surface area contributed by atoms with Gasteiger partial charge in [-0.2, -0.15) is 5.26 Å². The summed E-state index contributed by atoms with van der Waals surface area (Å²) in [6.45, 7) is 2.24. The summed E-state index contributed by atoms with van der Waals surface area (Å²) in [7, 11) is 0. The summed E-state index contributed by atoms with van der Waals surface area (Å²) in [5.41, 5.74) is 2.65. The van der Waals surface area contributed by atoms with Crippen LogP contribution in [0.25, 0.3) is 0 Å². The van der Waals surface area contributed by atoms with Crippen molar-refractivity contribution >= 4 is 17.4 Å². The molecule has 0 radical (unpaired) electrons. The van der Waals surface area contributed by atoms with E-state index in [2.05, 4.69) is 29.2 Å². The van der Waals surface area contributed by atoms with Crippen molar-refractivity contribution in [2.45, 2.75) is 43.4 Å². The molecule has 1 aliphatic heterocycles. The molecular formula is C17H22N2S. The smallest absolute Gasteiger partial charge is 0.103 e. The molecule has 2 aliphatic rings. The van der Waals surface area contributed by atoms with Crippen molar-refractivity contribution in [3.8, 4) is 6.07 Å². The first kappa shape index (κ1) is 13.8. The maximum Gasteiger partial charge on any atom is 0.103 e. The van der Waals surface area contributed by atoms with Crippen LogP contribution in [-0.4, -0.2) is 19.3 Å². The largest absolute Gasteiger partial charge is 0.370 e. The van der Waals surface area contributed by atoms with Crippen LogP contribution in [0.1, 0.15) is 44.1 Å². The molecule has 0 N–H and O–H groups in total. The molecule has 0 bridgehead atoms. The van der Waals surface area contributed by atoms with Gasteiger partial charge in [-0.3, -0.25) is 0 Å². The van der Waals surface area contributed by atoms with E-state index in [0.717, 1.165) is 29.2 Å². The normalized spacial score (nSPS) is 21.1. The Hall–Kier alpha value is -1.14. The van der Waals surface area contributed by atoms with Gasteiger partial charge in [0.2, 0.25) is 0 Å². The van der Waals surface area contributed by atoms with Gasteiger partial charge in [-0.05, 0) is 49.5 Å². The Labute approximate surface area is 126 Å². The van der Waals surface area contributed by atoms with Crippen LogP contribution < -0.4 is 4.90 Å². The molecule has 0 amide bonds. The lowest BCUT2D eigenvalue weighted by molar-refractivity contribution is 0.226. The highest BCUT2D eigenvalue weighted by molar-refractivity contribution is 7.98. The van der Waals surface area contributed by atoms with E-state index < -0.39 is 0 Å². The highest BCUT2D eigenvalue weighted by atomic mass is 32.2. The van der Waals surface area contributed by atoms with Gasteiger partial charge >= 0.3 is 0 Å². The minimum Gasteiger partial charge on any atom is -0.370 e. The van der Waals surface area contributed by atoms with Crippen LogP contribution in [0.5, 0.6) is 0 Å². The van der Waals surface area contributed by atoms with Gasteiger partial charge < -0.3 is 4.90 Å². The van der Waals surface area contributed by atoms with E-state index in [0.29, 0.717) is 5.41 Å². The van der Waals surface area contributed by atoms with Crippen LogP contribution in [0.15, 0.2) is 23.1 Å². The Morgan fingerprint density at radius 2 is 1.85 bits per heavy atom. The summed E-state index contributed by atoms with van der Waals surface area (Å²) in [4.78, 5) is 3.54. The van der Waals surface area contributed by atoms with Gasteiger partial charge in [0, 0.05) is 18.0 Å². The summed E-state index contributed by atoms with van der Waals surface area (Å²) >= 11 is 1.67. The number of anilines is 1. The van der Waals surface area contributed by atoms with Crippen LogP contribution in [0.3, 0.4) is 0 Å². The maximum absolute atomic E-state index is 9.48. The molecule has 0 aromatic heterocycles. The molecule has 106 valence electrons. The molecule has 2 nitrogen and oxygen atoms in total. The zero-order valence-corrected chi connectivity index (χ0v) is 13.0. The Morgan fingerprint density at radius 1 is 1.15 bits per heavy atom. The third-order valence-electron chi connectivity index (χ3n) is 5.16. The van der Waals surface area contributed by atoms with Crippen LogP contribution in [0, 0.1) is 16.7 Å². The van der Waals surface area contributed by atoms with Crippen LogP contribution in [0.4, 0.5) is 5.69 Å². The fourth-order valence-electron chi connectivity index (χ4n) is 3.91. The number of nitriles is 1. The number of benzene rings is 1. The number of thioether (sulfide) groups is 1. The zero-order chi connectivity index (χ0) is 14.0. The standard InChI is InChI=1S/C17H22N2S/c1-20-16-6-4-5-15(14(16)13-18)19-11-9-17(10-12-19)7-2-3-8-17/h4-6H,2-3,7-12H2,1H3. The van der Waals surface area contributed by atoms with Gasteiger partial charge in [0.25, 0.3) is 0 Å². The molecule has 1 aliphatic carbocycles. The molecule has 3 rings (SSSR count). The Balaban J connectivity index is 1.80. The lowest BCUT2D eigenvalue weighted by atomic mass is 9.77. The number of hydrogen-bond donors (Lipinski definition) is 0. The van der Waals surface area contributed by atoms with Gasteiger partial charge in [0.15, 0.2) is 0 Å². The quantitative estimate of drug-likeness (QED) is 0.752. The highest BCUT2D eigenvalue weighted by Gasteiger charge is 2.37. The van der Waals surface area contributed by atoms with E-state index in [1.807, 2.05) is 6.26 Å². The third-order valence-corrected chi connectivity index (χ3v) is 5.94. The van der Waals surface area contributed by atoms with Crippen molar-refractivity contribution in [2.24, 2.45) is 5.41 Å². The molecule has 20 heavy (non-hydrogen) atoms. The molecule has 0 atom stereocenters.